The molecule has 4 heteroatoms. The van der Waals surface area contributed by atoms with Crippen molar-refractivity contribution < 1.29 is 9.53 Å². The number of ether oxygens (including phenoxy) is 1. The minimum Gasteiger partial charge on any atom is -0.383 e. The molecule has 100 valence electrons. The third kappa shape index (κ3) is 4.59. The predicted octanol–water partition coefficient (Wildman–Crippen LogP) is 2.87. The van der Waals surface area contributed by atoms with Gasteiger partial charge in [-0.25, -0.2) is 0 Å². The van der Waals surface area contributed by atoms with Crippen molar-refractivity contribution in [2.75, 3.05) is 19.0 Å². The second kappa shape index (κ2) is 7.37. The third-order valence-electron chi connectivity index (χ3n) is 3.67. The van der Waals surface area contributed by atoms with Gasteiger partial charge in [0.25, 0.3) is 0 Å². The van der Waals surface area contributed by atoms with Crippen molar-refractivity contribution in [3.63, 3.8) is 0 Å². The van der Waals surface area contributed by atoms with Crippen LogP contribution in [0, 0.1) is 5.41 Å². The molecule has 1 aliphatic carbocycles. The first-order chi connectivity index (χ1) is 8.12. The van der Waals surface area contributed by atoms with Crippen LogP contribution in [0.25, 0.3) is 0 Å². The van der Waals surface area contributed by atoms with Gasteiger partial charge in [-0.2, -0.15) is 0 Å². The number of hydrogen-bond acceptors (Lipinski definition) is 2. The minimum atomic E-state index is -0.156. The van der Waals surface area contributed by atoms with Crippen molar-refractivity contribution >= 4 is 21.8 Å². The molecule has 0 heterocycles. The molecule has 1 amide bonds. The Bertz CT molecular complexity index is 234. The zero-order valence-electron chi connectivity index (χ0n) is 10.9. The van der Waals surface area contributed by atoms with Crippen LogP contribution in [0.15, 0.2) is 0 Å². The fourth-order valence-electron chi connectivity index (χ4n) is 2.45. The van der Waals surface area contributed by atoms with Gasteiger partial charge < -0.3 is 10.1 Å². The molecule has 1 rings (SSSR count). The van der Waals surface area contributed by atoms with Crippen LogP contribution in [0.2, 0.25) is 0 Å². The summed E-state index contributed by atoms with van der Waals surface area (Å²) in [6, 6.07) is 0.130. The highest BCUT2D eigenvalue weighted by Gasteiger charge is 2.35. The van der Waals surface area contributed by atoms with Gasteiger partial charge in [-0.3, -0.25) is 4.79 Å². The Morgan fingerprint density at radius 1 is 1.41 bits per heavy atom. The lowest BCUT2D eigenvalue weighted by molar-refractivity contribution is -0.133. The monoisotopic (exact) mass is 305 g/mol. The summed E-state index contributed by atoms with van der Waals surface area (Å²) in [6.07, 6.45) is 6.58. The van der Waals surface area contributed by atoms with Crippen molar-refractivity contribution in [3.05, 3.63) is 0 Å². The van der Waals surface area contributed by atoms with Gasteiger partial charge in [0, 0.05) is 17.9 Å². The van der Waals surface area contributed by atoms with Crippen LogP contribution in [0.4, 0.5) is 0 Å². The van der Waals surface area contributed by atoms with Gasteiger partial charge in [-0.1, -0.05) is 42.1 Å². The summed E-state index contributed by atoms with van der Waals surface area (Å²) in [4.78, 5) is 12.3. The van der Waals surface area contributed by atoms with Crippen LogP contribution >= 0.6 is 15.9 Å². The summed E-state index contributed by atoms with van der Waals surface area (Å²) >= 11 is 3.41. The Morgan fingerprint density at radius 2 is 2.06 bits per heavy atom. The second-order valence-corrected chi connectivity index (χ2v) is 6.02. The number of nitrogens with one attached hydrogen (secondary N) is 1. The molecule has 17 heavy (non-hydrogen) atoms. The maximum Gasteiger partial charge on any atom is 0.226 e. The number of carbonyl (C=O) groups excluding carboxylic acids is 1. The SMILES string of the molecule is COCC(CCBr)NC(=O)C1(C)CCCCC1. The van der Waals surface area contributed by atoms with E-state index in [1.807, 2.05) is 0 Å². The molecule has 0 aliphatic heterocycles. The van der Waals surface area contributed by atoms with Gasteiger partial charge in [-0.15, -0.1) is 0 Å². The molecule has 1 N–H and O–H groups in total. The Labute approximate surface area is 113 Å². The number of methoxy groups -OCH3 is 1. The molecular formula is C13H24BrNO2. The van der Waals surface area contributed by atoms with E-state index in [1.165, 1.54) is 19.3 Å². The lowest BCUT2D eigenvalue weighted by Crippen LogP contribution is -2.46. The Morgan fingerprint density at radius 3 is 2.59 bits per heavy atom. The fraction of sp³-hybridized carbons (Fsp3) is 0.923. The highest BCUT2D eigenvalue weighted by molar-refractivity contribution is 9.09. The first-order valence-corrected chi connectivity index (χ1v) is 7.60. The van der Waals surface area contributed by atoms with Crippen LogP contribution in [-0.2, 0) is 9.53 Å². The Hall–Kier alpha value is -0.0900. The second-order valence-electron chi connectivity index (χ2n) is 5.22. The van der Waals surface area contributed by atoms with Crippen molar-refractivity contribution in [1.82, 2.24) is 5.32 Å². The quantitative estimate of drug-likeness (QED) is 0.766. The van der Waals surface area contributed by atoms with Crippen molar-refractivity contribution in [3.8, 4) is 0 Å². The van der Waals surface area contributed by atoms with Crippen LogP contribution in [0.5, 0.6) is 0 Å². The van der Waals surface area contributed by atoms with E-state index in [1.54, 1.807) is 7.11 Å². The van der Waals surface area contributed by atoms with Crippen LogP contribution in [0.3, 0.4) is 0 Å². The van der Waals surface area contributed by atoms with Crippen LogP contribution in [0.1, 0.15) is 45.4 Å². The summed E-state index contributed by atoms with van der Waals surface area (Å²) in [6.45, 7) is 2.69. The highest BCUT2D eigenvalue weighted by atomic mass is 79.9. The topological polar surface area (TPSA) is 38.3 Å². The molecule has 0 aromatic carbocycles. The number of halogens is 1. The van der Waals surface area contributed by atoms with E-state index in [-0.39, 0.29) is 17.4 Å². The van der Waals surface area contributed by atoms with Crippen LogP contribution < -0.4 is 5.32 Å². The zero-order valence-corrected chi connectivity index (χ0v) is 12.5. The van der Waals surface area contributed by atoms with Crippen molar-refractivity contribution in [2.45, 2.75) is 51.5 Å². The number of rotatable bonds is 6. The van der Waals surface area contributed by atoms with Crippen molar-refractivity contribution in [2.24, 2.45) is 5.41 Å². The van der Waals surface area contributed by atoms with E-state index in [0.29, 0.717) is 6.61 Å². The van der Waals surface area contributed by atoms with Gasteiger partial charge in [-0.05, 0) is 19.3 Å². The van der Waals surface area contributed by atoms with Gasteiger partial charge >= 0.3 is 0 Å². The molecule has 0 bridgehead atoms. The summed E-state index contributed by atoms with van der Waals surface area (Å²) < 4.78 is 5.14. The number of alkyl halides is 1. The summed E-state index contributed by atoms with van der Waals surface area (Å²) in [5.74, 6) is 0.209. The first kappa shape index (κ1) is 15.0. The first-order valence-electron chi connectivity index (χ1n) is 6.48. The average molecular weight is 306 g/mol. The van der Waals surface area contributed by atoms with E-state index in [9.17, 15) is 4.79 Å². The molecule has 1 saturated carbocycles. The zero-order chi connectivity index (χ0) is 12.7. The van der Waals surface area contributed by atoms with Gasteiger partial charge in [0.2, 0.25) is 5.91 Å². The van der Waals surface area contributed by atoms with E-state index < -0.39 is 0 Å². The molecule has 0 spiro atoms. The smallest absolute Gasteiger partial charge is 0.226 e. The number of carbonyl (C=O) groups is 1. The molecule has 1 atom stereocenters. The van der Waals surface area contributed by atoms with E-state index in [2.05, 4.69) is 28.2 Å². The lowest BCUT2D eigenvalue weighted by atomic mass is 9.75. The molecule has 0 aromatic heterocycles. The lowest BCUT2D eigenvalue weighted by Gasteiger charge is -2.33. The highest BCUT2D eigenvalue weighted by Crippen LogP contribution is 2.35. The average Bonchev–Trinajstić information content (AvgIpc) is 2.30. The molecule has 1 fully saturated rings. The number of amides is 1. The maximum absolute atomic E-state index is 12.3. The molecule has 0 aromatic rings. The summed E-state index contributed by atoms with van der Waals surface area (Å²) in [5, 5.41) is 4.02. The predicted molar refractivity (Wildman–Crippen MR) is 73.4 cm³/mol. The minimum absolute atomic E-state index is 0.130. The standard InChI is InChI=1S/C13H24BrNO2/c1-13(7-4-3-5-8-13)12(16)15-11(6-9-14)10-17-2/h11H,3-10H2,1-2H3,(H,15,16). The van der Waals surface area contributed by atoms with E-state index in [4.69, 9.17) is 4.74 Å². The summed E-state index contributed by atoms with van der Waals surface area (Å²) in [7, 11) is 1.68. The molecular weight excluding hydrogens is 282 g/mol. The molecule has 1 unspecified atom stereocenters. The third-order valence-corrected chi connectivity index (χ3v) is 4.12. The van der Waals surface area contributed by atoms with Gasteiger partial charge in [0.15, 0.2) is 0 Å². The Kier molecular flexibility index (Phi) is 6.49. The molecule has 0 radical (unpaired) electrons. The summed E-state index contributed by atoms with van der Waals surface area (Å²) in [5.41, 5.74) is -0.156. The Balaban J connectivity index is 2.49. The van der Waals surface area contributed by atoms with Crippen molar-refractivity contribution in [1.29, 1.82) is 0 Å². The van der Waals surface area contributed by atoms with E-state index >= 15 is 0 Å². The fourth-order valence-corrected chi connectivity index (χ4v) is 3.00. The number of hydrogen-bond donors (Lipinski definition) is 1. The van der Waals surface area contributed by atoms with Crippen LogP contribution in [-0.4, -0.2) is 31.0 Å². The largest absolute Gasteiger partial charge is 0.383 e. The molecule has 1 aliphatic rings. The van der Waals surface area contributed by atoms with Gasteiger partial charge in [0.05, 0.1) is 12.6 Å². The normalized spacial score (nSPS) is 20.9. The maximum atomic E-state index is 12.3. The van der Waals surface area contributed by atoms with Gasteiger partial charge in [0.1, 0.15) is 0 Å². The van der Waals surface area contributed by atoms with E-state index in [0.717, 1.165) is 24.6 Å². The molecule has 0 saturated heterocycles. The molecule has 3 nitrogen and oxygen atoms in total.